The van der Waals surface area contributed by atoms with Gasteiger partial charge in [-0.2, -0.15) is 5.26 Å². The van der Waals surface area contributed by atoms with Crippen molar-refractivity contribution >= 4 is 15.7 Å². The summed E-state index contributed by atoms with van der Waals surface area (Å²) in [4.78, 5) is 4.56. The summed E-state index contributed by atoms with van der Waals surface area (Å²) in [5.41, 5.74) is 0.988. The van der Waals surface area contributed by atoms with Gasteiger partial charge >= 0.3 is 0 Å². The Morgan fingerprint density at radius 1 is 1.09 bits per heavy atom. The summed E-state index contributed by atoms with van der Waals surface area (Å²) in [5, 5.41) is 9.65. The Balaban J connectivity index is 1.75. The van der Waals surface area contributed by atoms with Crippen LogP contribution >= 0.6 is 0 Å². The van der Waals surface area contributed by atoms with Crippen LogP contribution in [0.25, 0.3) is 11.3 Å². The van der Waals surface area contributed by atoms with Gasteiger partial charge in [0.05, 0.1) is 22.9 Å². The first-order valence-corrected chi connectivity index (χ1v) is 11.9. The van der Waals surface area contributed by atoms with Crippen molar-refractivity contribution < 1.29 is 17.5 Å². The van der Waals surface area contributed by atoms with Gasteiger partial charge in [-0.1, -0.05) is 31.0 Å². The van der Waals surface area contributed by atoms with Gasteiger partial charge in [-0.05, 0) is 61.2 Å². The van der Waals surface area contributed by atoms with Crippen LogP contribution in [0.4, 0.5) is 10.1 Å². The molecule has 1 heterocycles. The lowest BCUT2D eigenvalue weighted by Gasteiger charge is -2.16. The van der Waals surface area contributed by atoms with Crippen molar-refractivity contribution in [3.63, 3.8) is 0 Å². The first kappa shape index (κ1) is 21.8. The van der Waals surface area contributed by atoms with Crippen molar-refractivity contribution in [2.75, 3.05) is 11.3 Å². The molecule has 1 aromatic heterocycles. The summed E-state index contributed by atoms with van der Waals surface area (Å²) in [5.74, 6) is 0.127. The van der Waals surface area contributed by atoms with Crippen LogP contribution in [-0.2, 0) is 10.0 Å². The lowest BCUT2D eigenvalue weighted by atomic mass is 10.1. The molecule has 3 aromatic rings. The third-order valence-corrected chi connectivity index (χ3v) is 6.84. The van der Waals surface area contributed by atoms with Gasteiger partial charge in [0, 0.05) is 5.56 Å². The number of nitrogens with one attached hydrogen (secondary N) is 1. The van der Waals surface area contributed by atoms with E-state index in [0.29, 0.717) is 18.1 Å². The highest BCUT2D eigenvalue weighted by Crippen LogP contribution is 2.34. The Kier molecular flexibility index (Phi) is 6.37. The van der Waals surface area contributed by atoms with E-state index in [9.17, 15) is 18.1 Å². The maximum Gasteiger partial charge on any atom is 0.261 e. The molecule has 0 aliphatic heterocycles. The molecule has 1 N–H and O–H groups in total. The van der Waals surface area contributed by atoms with Crippen LogP contribution in [0.2, 0.25) is 0 Å². The van der Waals surface area contributed by atoms with E-state index < -0.39 is 15.8 Å². The van der Waals surface area contributed by atoms with Crippen LogP contribution in [0, 0.1) is 23.1 Å². The second-order valence-electron chi connectivity index (χ2n) is 7.74. The number of halogens is 1. The molecule has 0 radical (unpaired) electrons. The predicted octanol–water partition coefficient (Wildman–Crippen LogP) is 5.13. The molecule has 1 saturated carbocycles. The standard InChI is InChI=1S/C24H22FN3O3S/c25-20-12-10-18(11-13-20)23-22(28-32(29,30)21-8-2-1-3-9-21)14-19(15-26)24(27-23)31-16-17-6-4-5-7-17/h1-3,8-14,17,28H,4-7,16H2. The lowest BCUT2D eigenvalue weighted by molar-refractivity contribution is 0.243. The summed E-state index contributed by atoms with van der Waals surface area (Å²) >= 11 is 0. The number of benzene rings is 2. The lowest BCUT2D eigenvalue weighted by Crippen LogP contribution is -2.15. The Bertz CT molecular complexity index is 1230. The van der Waals surface area contributed by atoms with E-state index >= 15 is 0 Å². The zero-order chi connectivity index (χ0) is 22.6. The number of rotatable bonds is 7. The molecule has 1 aliphatic carbocycles. The topological polar surface area (TPSA) is 92.1 Å². The van der Waals surface area contributed by atoms with Gasteiger partial charge in [0.1, 0.15) is 17.4 Å². The minimum Gasteiger partial charge on any atom is -0.476 e. The molecule has 0 unspecified atom stereocenters. The summed E-state index contributed by atoms with van der Waals surface area (Å²) in [6.07, 6.45) is 4.46. The van der Waals surface area contributed by atoms with E-state index in [-0.39, 0.29) is 27.7 Å². The highest BCUT2D eigenvalue weighted by atomic mass is 32.2. The predicted molar refractivity (Wildman–Crippen MR) is 119 cm³/mol. The monoisotopic (exact) mass is 451 g/mol. The second kappa shape index (κ2) is 9.37. The summed E-state index contributed by atoms with van der Waals surface area (Å²) < 4.78 is 47.7. The van der Waals surface area contributed by atoms with Crippen molar-refractivity contribution in [1.82, 2.24) is 4.98 Å². The van der Waals surface area contributed by atoms with E-state index in [4.69, 9.17) is 4.74 Å². The van der Waals surface area contributed by atoms with E-state index in [1.54, 1.807) is 18.2 Å². The molecular formula is C24H22FN3O3S. The van der Waals surface area contributed by atoms with Crippen LogP contribution in [0.1, 0.15) is 31.2 Å². The van der Waals surface area contributed by atoms with Crippen molar-refractivity contribution in [2.45, 2.75) is 30.6 Å². The van der Waals surface area contributed by atoms with Gasteiger partial charge in [-0.15, -0.1) is 0 Å². The molecule has 4 rings (SSSR count). The second-order valence-corrected chi connectivity index (χ2v) is 9.42. The number of aromatic nitrogens is 1. The third-order valence-electron chi connectivity index (χ3n) is 5.45. The molecule has 1 fully saturated rings. The highest BCUT2D eigenvalue weighted by Gasteiger charge is 2.22. The zero-order valence-electron chi connectivity index (χ0n) is 17.3. The maximum absolute atomic E-state index is 13.5. The van der Waals surface area contributed by atoms with Crippen LogP contribution in [-0.4, -0.2) is 20.0 Å². The van der Waals surface area contributed by atoms with Crippen LogP contribution in [0.15, 0.2) is 65.6 Å². The first-order valence-electron chi connectivity index (χ1n) is 10.4. The average Bonchev–Trinajstić information content (AvgIpc) is 3.32. The van der Waals surface area contributed by atoms with Gasteiger partial charge in [0.2, 0.25) is 5.88 Å². The maximum atomic E-state index is 13.5. The number of nitriles is 1. The van der Waals surface area contributed by atoms with Gasteiger partial charge in [-0.3, -0.25) is 4.72 Å². The Labute approximate surface area is 186 Å². The molecule has 6 nitrogen and oxygen atoms in total. The molecule has 0 bridgehead atoms. The van der Waals surface area contributed by atoms with Crippen molar-refractivity contribution in [1.29, 1.82) is 5.26 Å². The van der Waals surface area contributed by atoms with Gasteiger partial charge in [0.15, 0.2) is 0 Å². The molecule has 0 saturated heterocycles. The third kappa shape index (κ3) is 4.89. The van der Waals surface area contributed by atoms with E-state index in [1.165, 1.54) is 42.5 Å². The summed E-state index contributed by atoms with van der Waals surface area (Å²) in [6.45, 7) is 0.444. The van der Waals surface area contributed by atoms with Gasteiger partial charge in [-0.25, -0.2) is 17.8 Å². The Morgan fingerprint density at radius 3 is 2.44 bits per heavy atom. The van der Waals surface area contributed by atoms with Crippen LogP contribution < -0.4 is 9.46 Å². The smallest absolute Gasteiger partial charge is 0.261 e. The van der Waals surface area contributed by atoms with Crippen LogP contribution in [0.5, 0.6) is 5.88 Å². The number of ether oxygens (including phenoxy) is 1. The minimum atomic E-state index is -3.93. The summed E-state index contributed by atoms with van der Waals surface area (Å²) in [6, 6.07) is 16.9. The molecule has 8 heteroatoms. The first-order chi connectivity index (χ1) is 15.5. The number of pyridine rings is 1. The minimum absolute atomic E-state index is 0.0742. The molecule has 0 spiro atoms. The van der Waals surface area contributed by atoms with E-state index in [0.717, 1.165) is 25.7 Å². The molecule has 32 heavy (non-hydrogen) atoms. The van der Waals surface area contributed by atoms with Crippen LogP contribution in [0.3, 0.4) is 0 Å². The number of anilines is 1. The number of sulfonamides is 1. The van der Waals surface area contributed by atoms with E-state index in [1.807, 2.05) is 6.07 Å². The molecule has 2 aromatic carbocycles. The normalized spacial score (nSPS) is 14.1. The fourth-order valence-corrected chi connectivity index (χ4v) is 4.85. The van der Waals surface area contributed by atoms with Gasteiger partial charge < -0.3 is 4.74 Å². The van der Waals surface area contributed by atoms with Crippen molar-refractivity contribution in [3.8, 4) is 23.2 Å². The number of nitrogens with zero attached hydrogens (tertiary/aromatic N) is 2. The van der Waals surface area contributed by atoms with Crippen molar-refractivity contribution in [2.24, 2.45) is 5.92 Å². The molecule has 0 amide bonds. The fraction of sp³-hybridized carbons (Fsp3) is 0.250. The highest BCUT2D eigenvalue weighted by molar-refractivity contribution is 7.92. The summed E-state index contributed by atoms with van der Waals surface area (Å²) in [7, 11) is -3.93. The molecule has 1 aliphatic rings. The van der Waals surface area contributed by atoms with Crippen molar-refractivity contribution in [3.05, 3.63) is 72.0 Å². The Morgan fingerprint density at radius 2 is 1.78 bits per heavy atom. The molecule has 164 valence electrons. The largest absolute Gasteiger partial charge is 0.476 e. The quantitative estimate of drug-likeness (QED) is 0.538. The zero-order valence-corrected chi connectivity index (χ0v) is 18.1. The molecule has 0 atom stereocenters. The average molecular weight is 452 g/mol. The fourth-order valence-electron chi connectivity index (χ4n) is 3.77. The SMILES string of the molecule is N#Cc1cc(NS(=O)(=O)c2ccccc2)c(-c2ccc(F)cc2)nc1OCC1CCCC1. The van der Waals surface area contributed by atoms with Gasteiger partial charge in [0.25, 0.3) is 10.0 Å². The Hall–Kier alpha value is -3.44. The number of hydrogen-bond donors (Lipinski definition) is 1. The van der Waals surface area contributed by atoms with E-state index in [2.05, 4.69) is 9.71 Å². The number of hydrogen-bond acceptors (Lipinski definition) is 5. The molecular weight excluding hydrogens is 429 g/mol.